The molecule has 10 heteroatoms. The maximum Gasteiger partial charge on any atom is 0.270 e. The Morgan fingerprint density at radius 1 is 1.36 bits per heavy atom. The van der Waals surface area contributed by atoms with Crippen molar-refractivity contribution in [1.29, 1.82) is 0 Å². The fourth-order valence-electron chi connectivity index (χ4n) is 4.44. The summed E-state index contributed by atoms with van der Waals surface area (Å²) in [5.74, 6) is -1.10. The molecular formula is C23H29N5O5. The van der Waals surface area contributed by atoms with Gasteiger partial charge in [-0.2, -0.15) is 9.61 Å². The van der Waals surface area contributed by atoms with E-state index >= 15 is 0 Å². The van der Waals surface area contributed by atoms with Gasteiger partial charge in [0.2, 0.25) is 11.8 Å². The predicted octanol–water partition coefficient (Wildman–Crippen LogP) is 1.15. The van der Waals surface area contributed by atoms with Gasteiger partial charge in [0.25, 0.3) is 11.5 Å². The van der Waals surface area contributed by atoms with Crippen LogP contribution in [-0.2, 0) is 16.1 Å². The molecule has 10 nitrogen and oxygen atoms in total. The molecular weight excluding hydrogens is 426 g/mol. The van der Waals surface area contributed by atoms with Crippen molar-refractivity contribution in [2.24, 2.45) is 5.92 Å². The van der Waals surface area contributed by atoms with Crippen LogP contribution >= 0.6 is 0 Å². The number of ether oxygens (including phenoxy) is 1. The Kier molecular flexibility index (Phi) is 5.27. The molecule has 176 valence electrons. The lowest BCUT2D eigenvalue weighted by atomic mass is 10.2. The van der Waals surface area contributed by atoms with Gasteiger partial charge in [0.1, 0.15) is 5.65 Å². The summed E-state index contributed by atoms with van der Waals surface area (Å²) in [5, 5.41) is 17.8. The Morgan fingerprint density at radius 3 is 2.79 bits per heavy atom. The Hall–Kier alpha value is -3.14. The van der Waals surface area contributed by atoms with Gasteiger partial charge in [0.05, 0.1) is 24.9 Å². The number of aromatic nitrogens is 3. The summed E-state index contributed by atoms with van der Waals surface area (Å²) in [6, 6.07) is 0.0441. The smallest absolute Gasteiger partial charge is 0.270 e. The molecule has 5 rings (SSSR count). The highest BCUT2D eigenvalue weighted by molar-refractivity contribution is 5.97. The number of hydrogen-bond donors (Lipinski definition) is 2. The molecule has 2 saturated carbocycles. The maximum absolute atomic E-state index is 13.3. The summed E-state index contributed by atoms with van der Waals surface area (Å²) < 4.78 is 8.20. The van der Waals surface area contributed by atoms with E-state index in [4.69, 9.17) is 4.74 Å². The molecule has 2 aromatic heterocycles. The minimum absolute atomic E-state index is 0.0441. The van der Waals surface area contributed by atoms with Gasteiger partial charge in [-0.15, -0.1) is 0 Å². The van der Waals surface area contributed by atoms with E-state index < -0.39 is 17.3 Å². The lowest BCUT2D eigenvalue weighted by Crippen LogP contribution is -2.50. The summed E-state index contributed by atoms with van der Waals surface area (Å²) in [4.78, 5) is 40.8. The largest absolute Gasteiger partial charge is 0.492 e. The second kappa shape index (κ2) is 8.02. The summed E-state index contributed by atoms with van der Waals surface area (Å²) in [6.45, 7) is 5.89. The fourth-order valence-corrected chi connectivity index (χ4v) is 4.44. The van der Waals surface area contributed by atoms with Gasteiger partial charge < -0.3 is 20.1 Å². The number of hydrogen-bond acceptors (Lipinski definition) is 6. The zero-order valence-corrected chi connectivity index (χ0v) is 18.9. The summed E-state index contributed by atoms with van der Waals surface area (Å²) >= 11 is 0. The Bertz CT molecular complexity index is 1200. The van der Waals surface area contributed by atoms with E-state index in [0.717, 1.165) is 25.7 Å². The van der Waals surface area contributed by atoms with Crippen molar-refractivity contribution >= 4 is 23.5 Å². The average molecular weight is 456 g/mol. The quantitative estimate of drug-likeness (QED) is 0.631. The van der Waals surface area contributed by atoms with Crippen LogP contribution in [-0.4, -0.2) is 67.3 Å². The predicted molar refractivity (Wildman–Crippen MR) is 120 cm³/mol. The number of carbonyl (C=O) groups is 2. The number of nitrogens with one attached hydrogen (secondary N) is 1. The Balaban J connectivity index is 1.53. The monoisotopic (exact) mass is 455 g/mol. The molecule has 2 aliphatic carbocycles. The van der Waals surface area contributed by atoms with E-state index in [0.29, 0.717) is 37.5 Å². The molecule has 3 aliphatic rings. The van der Waals surface area contributed by atoms with Crippen molar-refractivity contribution in [2.75, 3.05) is 19.8 Å². The molecule has 3 fully saturated rings. The first-order valence-electron chi connectivity index (χ1n) is 11.5. The standard InChI is InChI=1S/C23H29N5O5/c1-14(2)12-26-20-15(3-6-17(29)27-9-10-33-13-23(27)7-8-23)11-24-28(20)22(32)18(21(26)31)19(30)25-16-4-5-16/h3,6,11,14,16,32H,4-5,7-10,12-13H2,1-2H3,(H,25,30)/b6-3+. The third kappa shape index (κ3) is 3.92. The molecule has 1 aliphatic heterocycles. The molecule has 0 aromatic carbocycles. The van der Waals surface area contributed by atoms with Crippen molar-refractivity contribution in [3.8, 4) is 5.88 Å². The first kappa shape index (κ1) is 21.7. The number of carbonyl (C=O) groups excluding carboxylic acids is 2. The Morgan fingerprint density at radius 2 is 2.12 bits per heavy atom. The molecule has 2 aromatic rings. The summed E-state index contributed by atoms with van der Waals surface area (Å²) in [7, 11) is 0. The van der Waals surface area contributed by atoms with Gasteiger partial charge in [-0.05, 0) is 37.7 Å². The van der Waals surface area contributed by atoms with E-state index in [1.807, 2.05) is 18.7 Å². The molecule has 1 spiro atoms. The van der Waals surface area contributed by atoms with Gasteiger partial charge >= 0.3 is 0 Å². The highest BCUT2D eigenvalue weighted by atomic mass is 16.5. The molecule has 3 heterocycles. The highest BCUT2D eigenvalue weighted by Gasteiger charge is 2.51. The lowest BCUT2D eigenvalue weighted by Gasteiger charge is -2.35. The van der Waals surface area contributed by atoms with Crippen LogP contribution in [0.4, 0.5) is 0 Å². The second-order valence-corrected chi connectivity index (χ2v) is 9.69. The summed E-state index contributed by atoms with van der Waals surface area (Å²) in [6.07, 6.45) is 8.21. The van der Waals surface area contributed by atoms with Gasteiger partial charge in [-0.3, -0.25) is 19.0 Å². The van der Waals surface area contributed by atoms with Crippen molar-refractivity contribution in [3.05, 3.63) is 33.8 Å². The minimum atomic E-state index is -0.593. The molecule has 0 radical (unpaired) electrons. The molecule has 0 atom stereocenters. The van der Waals surface area contributed by atoms with Gasteiger partial charge in [-0.25, -0.2) is 0 Å². The van der Waals surface area contributed by atoms with Crippen LogP contribution in [0.1, 0.15) is 55.5 Å². The normalized spacial score (nSPS) is 19.7. The van der Waals surface area contributed by atoms with Crippen LogP contribution in [0.2, 0.25) is 0 Å². The third-order valence-corrected chi connectivity index (χ3v) is 6.50. The van der Waals surface area contributed by atoms with Gasteiger partial charge in [-0.1, -0.05) is 13.8 Å². The number of aromatic hydroxyl groups is 1. The number of fused-ring (bicyclic) bond motifs is 1. The number of morpholine rings is 1. The number of amides is 2. The van der Waals surface area contributed by atoms with Crippen molar-refractivity contribution in [3.63, 3.8) is 0 Å². The molecule has 0 unspecified atom stereocenters. The van der Waals surface area contributed by atoms with Crippen LogP contribution in [0.5, 0.6) is 5.88 Å². The van der Waals surface area contributed by atoms with Crippen LogP contribution < -0.4 is 10.9 Å². The van der Waals surface area contributed by atoms with Crippen molar-refractivity contribution < 1.29 is 19.4 Å². The SMILES string of the molecule is CC(C)Cn1c(=O)c(C(=O)NC2CC2)c(O)n2ncc(/C=C/C(=O)N3CCOCC34CC4)c12. The fraction of sp³-hybridized carbons (Fsp3) is 0.565. The zero-order chi connectivity index (χ0) is 23.3. The molecule has 33 heavy (non-hydrogen) atoms. The molecule has 1 saturated heterocycles. The zero-order valence-electron chi connectivity index (χ0n) is 18.9. The van der Waals surface area contributed by atoms with E-state index in [-0.39, 0.29) is 29.0 Å². The van der Waals surface area contributed by atoms with Crippen molar-refractivity contribution in [1.82, 2.24) is 24.4 Å². The van der Waals surface area contributed by atoms with Crippen molar-refractivity contribution in [2.45, 2.75) is 57.7 Å². The number of nitrogens with zero attached hydrogens (tertiary/aromatic N) is 4. The van der Waals surface area contributed by atoms with Gasteiger partial charge in [0.15, 0.2) is 5.56 Å². The maximum atomic E-state index is 13.3. The minimum Gasteiger partial charge on any atom is -0.492 e. The molecule has 0 bridgehead atoms. The average Bonchev–Trinajstić information content (AvgIpc) is 3.69. The van der Waals surface area contributed by atoms with E-state index in [2.05, 4.69) is 10.4 Å². The van der Waals surface area contributed by atoms with Crippen LogP contribution in [0, 0.1) is 5.92 Å². The molecule has 2 amide bonds. The van der Waals surface area contributed by atoms with Crippen LogP contribution in [0.25, 0.3) is 11.7 Å². The van der Waals surface area contributed by atoms with Crippen LogP contribution in [0.3, 0.4) is 0 Å². The van der Waals surface area contributed by atoms with E-state index in [1.165, 1.54) is 21.4 Å². The summed E-state index contributed by atoms with van der Waals surface area (Å²) in [5.41, 5.74) is -0.194. The lowest BCUT2D eigenvalue weighted by molar-refractivity contribution is -0.136. The second-order valence-electron chi connectivity index (χ2n) is 9.69. The van der Waals surface area contributed by atoms with E-state index in [1.54, 1.807) is 6.08 Å². The number of rotatable bonds is 6. The van der Waals surface area contributed by atoms with Crippen LogP contribution in [0.15, 0.2) is 17.1 Å². The first-order valence-corrected chi connectivity index (χ1v) is 11.5. The topological polar surface area (TPSA) is 118 Å². The van der Waals surface area contributed by atoms with E-state index in [9.17, 15) is 19.5 Å². The highest BCUT2D eigenvalue weighted by Crippen LogP contribution is 2.43. The Labute approximate surface area is 190 Å². The first-order chi connectivity index (χ1) is 15.8. The molecule has 2 N–H and O–H groups in total. The third-order valence-electron chi connectivity index (χ3n) is 6.50. The van der Waals surface area contributed by atoms with Gasteiger partial charge in [0, 0.05) is 30.8 Å².